The molecule has 0 saturated heterocycles. The zero-order valence-electron chi connectivity index (χ0n) is 17.2. The quantitative estimate of drug-likeness (QED) is 0.580. The third kappa shape index (κ3) is 2.72. The maximum Gasteiger partial charge on any atom is 0.0704 e. The zero-order chi connectivity index (χ0) is 18.6. The van der Waals surface area contributed by atoms with Gasteiger partial charge in [-0.2, -0.15) is 0 Å². The fourth-order valence-electron chi connectivity index (χ4n) is 7.31. The first-order chi connectivity index (χ1) is 12.3. The summed E-state index contributed by atoms with van der Waals surface area (Å²) < 4.78 is 11.2. The topological polar surface area (TPSA) is 38.7 Å². The molecule has 0 bridgehead atoms. The third-order valence-corrected chi connectivity index (χ3v) is 9.26. The predicted octanol–water partition coefficient (Wildman–Crippen LogP) is 4.73. The molecule has 4 aliphatic carbocycles. The summed E-state index contributed by atoms with van der Waals surface area (Å²) in [5.41, 5.74) is 1.68. The van der Waals surface area contributed by atoms with Crippen LogP contribution in [0.2, 0.25) is 0 Å². The normalized spacial score (nSPS) is 50.6. The average Bonchev–Trinajstić information content (AvgIpc) is 2.85. The van der Waals surface area contributed by atoms with Gasteiger partial charge in [-0.05, 0) is 86.9 Å². The number of ether oxygens (including phenoxy) is 2. The monoisotopic (exact) mass is 362 g/mol. The van der Waals surface area contributed by atoms with E-state index in [1.165, 1.54) is 38.5 Å². The van der Waals surface area contributed by atoms with E-state index in [1.807, 2.05) is 0 Å². The minimum absolute atomic E-state index is 0.121. The highest BCUT2D eigenvalue weighted by Crippen LogP contribution is 2.67. The molecule has 0 spiro atoms. The van der Waals surface area contributed by atoms with E-state index in [0.29, 0.717) is 30.7 Å². The van der Waals surface area contributed by atoms with Gasteiger partial charge < -0.3 is 14.6 Å². The molecule has 0 aromatic carbocycles. The van der Waals surface area contributed by atoms with Crippen molar-refractivity contribution in [3.8, 4) is 0 Å². The van der Waals surface area contributed by atoms with Gasteiger partial charge in [0.1, 0.15) is 0 Å². The van der Waals surface area contributed by atoms with Gasteiger partial charge in [0.2, 0.25) is 0 Å². The highest BCUT2D eigenvalue weighted by Gasteiger charge is 2.62. The molecule has 0 amide bonds. The SMILES string of the molecule is COCCO[C@H]1CC[C@@]2(C)C(=CCC3C2CC[C@@]2(C)C3CC[C@]2(C)O)C1. The second-order valence-electron chi connectivity index (χ2n) is 10.3. The van der Waals surface area contributed by atoms with Crippen LogP contribution in [0, 0.1) is 28.6 Å². The predicted molar refractivity (Wildman–Crippen MR) is 104 cm³/mol. The van der Waals surface area contributed by atoms with Crippen LogP contribution in [0.1, 0.15) is 72.1 Å². The number of allylic oxidation sites excluding steroid dienone is 1. The first-order valence-electron chi connectivity index (χ1n) is 10.8. The minimum Gasteiger partial charge on any atom is -0.390 e. The van der Waals surface area contributed by atoms with Crippen molar-refractivity contribution < 1.29 is 14.6 Å². The summed E-state index contributed by atoms with van der Waals surface area (Å²) in [5.74, 6) is 2.26. The highest BCUT2D eigenvalue weighted by molar-refractivity contribution is 5.26. The summed E-state index contributed by atoms with van der Waals surface area (Å²) in [4.78, 5) is 0. The lowest BCUT2D eigenvalue weighted by atomic mass is 9.47. The molecule has 0 aliphatic heterocycles. The van der Waals surface area contributed by atoms with Crippen molar-refractivity contribution in [2.24, 2.45) is 28.6 Å². The Morgan fingerprint density at radius 2 is 1.81 bits per heavy atom. The van der Waals surface area contributed by atoms with Crippen LogP contribution in [-0.2, 0) is 9.47 Å². The van der Waals surface area contributed by atoms with Crippen molar-refractivity contribution in [3.63, 3.8) is 0 Å². The fourth-order valence-corrected chi connectivity index (χ4v) is 7.31. The van der Waals surface area contributed by atoms with E-state index in [1.54, 1.807) is 12.7 Å². The molecule has 26 heavy (non-hydrogen) atoms. The first-order valence-corrected chi connectivity index (χ1v) is 10.8. The summed E-state index contributed by atoms with van der Waals surface area (Å²) in [6.07, 6.45) is 12.4. The molecule has 3 nitrogen and oxygen atoms in total. The van der Waals surface area contributed by atoms with Crippen LogP contribution in [0.15, 0.2) is 11.6 Å². The zero-order valence-corrected chi connectivity index (χ0v) is 17.2. The lowest BCUT2D eigenvalue weighted by Gasteiger charge is -2.58. The molecule has 1 N–H and O–H groups in total. The van der Waals surface area contributed by atoms with Crippen molar-refractivity contribution in [3.05, 3.63) is 11.6 Å². The maximum atomic E-state index is 11.0. The van der Waals surface area contributed by atoms with Crippen LogP contribution in [-0.4, -0.2) is 37.1 Å². The summed E-state index contributed by atoms with van der Waals surface area (Å²) in [6.45, 7) is 8.42. The van der Waals surface area contributed by atoms with Crippen molar-refractivity contribution in [1.29, 1.82) is 0 Å². The molecular weight excluding hydrogens is 324 g/mol. The molecule has 3 saturated carbocycles. The van der Waals surface area contributed by atoms with Crippen molar-refractivity contribution in [2.75, 3.05) is 20.3 Å². The Labute approximate surface area is 159 Å². The van der Waals surface area contributed by atoms with E-state index in [2.05, 4.69) is 26.8 Å². The number of rotatable bonds is 4. The van der Waals surface area contributed by atoms with Crippen LogP contribution in [0.25, 0.3) is 0 Å². The Hall–Kier alpha value is -0.380. The maximum absolute atomic E-state index is 11.0. The number of methoxy groups -OCH3 is 1. The summed E-state index contributed by atoms with van der Waals surface area (Å²) in [6, 6.07) is 0. The molecule has 0 aromatic rings. The third-order valence-electron chi connectivity index (χ3n) is 9.26. The largest absolute Gasteiger partial charge is 0.390 e. The molecule has 148 valence electrons. The Morgan fingerprint density at radius 1 is 1.04 bits per heavy atom. The lowest BCUT2D eigenvalue weighted by Crippen LogP contribution is -2.53. The number of fused-ring (bicyclic) bond motifs is 5. The smallest absolute Gasteiger partial charge is 0.0704 e. The second kappa shape index (κ2) is 6.60. The molecule has 3 unspecified atom stereocenters. The standard InChI is InChI=1S/C23H38O3/c1-21-10-7-17(26-14-13-25-4)15-16(21)5-6-18-19(21)8-11-22(2)20(18)9-12-23(22,3)24/h5,17-20,24H,6-15H2,1-4H3/t17-,18?,19?,20?,21-,22-,23-/m0/s1. The van der Waals surface area contributed by atoms with E-state index in [4.69, 9.17) is 9.47 Å². The van der Waals surface area contributed by atoms with Crippen LogP contribution < -0.4 is 0 Å². The van der Waals surface area contributed by atoms with Gasteiger partial charge in [0.15, 0.2) is 0 Å². The van der Waals surface area contributed by atoms with Crippen LogP contribution in [0.3, 0.4) is 0 Å². The summed E-state index contributed by atoms with van der Waals surface area (Å²) in [7, 11) is 1.74. The van der Waals surface area contributed by atoms with E-state index in [0.717, 1.165) is 24.7 Å². The highest BCUT2D eigenvalue weighted by atomic mass is 16.5. The van der Waals surface area contributed by atoms with Gasteiger partial charge >= 0.3 is 0 Å². The molecule has 0 aromatic heterocycles. The van der Waals surface area contributed by atoms with E-state index in [-0.39, 0.29) is 5.41 Å². The lowest BCUT2D eigenvalue weighted by molar-refractivity contribution is -0.117. The average molecular weight is 363 g/mol. The summed E-state index contributed by atoms with van der Waals surface area (Å²) in [5, 5.41) is 11.0. The van der Waals surface area contributed by atoms with Gasteiger partial charge in [-0.3, -0.25) is 0 Å². The second-order valence-corrected chi connectivity index (χ2v) is 10.3. The number of hydrogen-bond donors (Lipinski definition) is 1. The van der Waals surface area contributed by atoms with Gasteiger partial charge in [-0.25, -0.2) is 0 Å². The van der Waals surface area contributed by atoms with Crippen molar-refractivity contribution >= 4 is 0 Å². The molecule has 4 rings (SSSR count). The molecular formula is C23H38O3. The first kappa shape index (κ1) is 19.0. The van der Waals surface area contributed by atoms with Gasteiger partial charge in [0.25, 0.3) is 0 Å². The van der Waals surface area contributed by atoms with E-state index in [9.17, 15) is 5.11 Å². The Bertz CT molecular complexity index is 568. The Morgan fingerprint density at radius 3 is 2.58 bits per heavy atom. The van der Waals surface area contributed by atoms with E-state index >= 15 is 0 Å². The molecule has 0 heterocycles. The van der Waals surface area contributed by atoms with Gasteiger partial charge in [0, 0.05) is 7.11 Å². The van der Waals surface area contributed by atoms with Crippen molar-refractivity contribution in [2.45, 2.75) is 83.8 Å². The van der Waals surface area contributed by atoms with Crippen LogP contribution >= 0.6 is 0 Å². The van der Waals surface area contributed by atoms with Crippen LogP contribution in [0.4, 0.5) is 0 Å². The van der Waals surface area contributed by atoms with Gasteiger partial charge in [-0.1, -0.05) is 25.5 Å². The number of hydrogen-bond acceptors (Lipinski definition) is 3. The Balaban J connectivity index is 1.52. The van der Waals surface area contributed by atoms with Gasteiger partial charge in [0.05, 0.1) is 24.9 Å². The van der Waals surface area contributed by atoms with E-state index < -0.39 is 5.60 Å². The minimum atomic E-state index is -0.472. The molecule has 3 fully saturated rings. The Kier molecular flexibility index (Phi) is 4.81. The molecule has 4 aliphatic rings. The number of aliphatic hydroxyl groups is 1. The summed E-state index contributed by atoms with van der Waals surface area (Å²) >= 11 is 0. The van der Waals surface area contributed by atoms with Gasteiger partial charge in [-0.15, -0.1) is 0 Å². The molecule has 3 heteroatoms. The van der Waals surface area contributed by atoms with Crippen LogP contribution in [0.5, 0.6) is 0 Å². The molecule has 0 radical (unpaired) electrons. The molecule has 7 atom stereocenters. The fraction of sp³-hybridized carbons (Fsp3) is 0.913. The van der Waals surface area contributed by atoms with Crippen molar-refractivity contribution in [1.82, 2.24) is 0 Å².